The molecule has 2 aromatic rings. The number of carbonyl (C=O) groups is 3. The number of rotatable bonds is 11. The van der Waals surface area contributed by atoms with Gasteiger partial charge in [-0.25, -0.2) is 0 Å². The van der Waals surface area contributed by atoms with Crippen molar-refractivity contribution in [2.45, 2.75) is 45.4 Å². The maximum absolute atomic E-state index is 12.0. The zero-order valence-corrected chi connectivity index (χ0v) is 16.4. The van der Waals surface area contributed by atoms with E-state index in [9.17, 15) is 14.4 Å². The van der Waals surface area contributed by atoms with Crippen LogP contribution in [0.3, 0.4) is 0 Å². The van der Waals surface area contributed by atoms with Gasteiger partial charge in [0.05, 0.1) is 4.88 Å². The number of ketones is 1. The molecular weight excluding hydrogens is 360 g/mol. The molecule has 0 saturated carbocycles. The number of Topliss-reactive ketones (excluding diaryl/α,β-unsaturated/α-hetero) is 1. The lowest BCUT2D eigenvalue weighted by molar-refractivity contribution is -0.121. The van der Waals surface area contributed by atoms with E-state index < -0.39 is 0 Å². The minimum absolute atomic E-state index is 0.0275. The summed E-state index contributed by atoms with van der Waals surface area (Å²) >= 11 is 1.38. The highest BCUT2D eigenvalue weighted by atomic mass is 32.1. The molecule has 1 aromatic heterocycles. The van der Waals surface area contributed by atoms with Gasteiger partial charge in [-0.2, -0.15) is 0 Å². The summed E-state index contributed by atoms with van der Waals surface area (Å²) in [6.07, 6.45) is 3.88. The Balaban J connectivity index is 1.62. The molecule has 0 aliphatic carbocycles. The summed E-state index contributed by atoms with van der Waals surface area (Å²) in [7, 11) is 0. The lowest BCUT2D eigenvalue weighted by Crippen LogP contribution is -2.27. The van der Waals surface area contributed by atoms with Gasteiger partial charge >= 0.3 is 0 Å². The quantitative estimate of drug-likeness (QED) is 0.568. The van der Waals surface area contributed by atoms with Crippen molar-refractivity contribution < 1.29 is 14.4 Å². The van der Waals surface area contributed by atoms with Crippen LogP contribution in [0.25, 0.3) is 0 Å². The van der Waals surface area contributed by atoms with Crippen molar-refractivity contribution in [2.75, 3.05) is 11.9 Å². The monoisotopic (exact) mass is 386 g/mol. The Kier molecular flexibility index (Phi) is 8.71. The van der Waals surface area contributed by atoms with Crippen molar-refractivity contribution in [1.29, 1.82) is 0 Å². The molecule has 2 amide bonds. The first-order valence-electron chi connectivity index (χ1n) is 9.30. The Morgan fingerprint density at radius 2 is 1.74 bits per heavy atom. The SMILES string of the molecule is CCCCc1ccc(NC(=O)CCNC(=O)CCC(=O)c2cccs2)cc1. The maximum atomic E-state index is 12.0. The lowest BCUT2D eigenvalue weighted by Gasteiger charge is -2.08. The summed E-state index contributed by atoms with van der Waals surface area (Å²) in [5, 5.41) is 7.35. The van der Waals surface area contributed by atoms with E-state index in [2.05, 4.69) is 17.6 Å². The van der Waals surface area contributed by atoms with Crippen LogP contribution in [0.4, 0.5) is 5.69 Å². The molecule has 27 heavy (non-hydrogen) atoms. The summed E-state index contributed by atoms with van der Waals surface area (Å²) in [5.41, 5.74) is 2.02. The fourth-order valence-corrected chi connectivity index (χ4v) is 3.24. The van der Waals surface area contributed by atoms with Gasteiger partial charge in [0.15, 0.2) is 5.78 Å². The topological polar surface area (TPSA) is 75.3 Å². The van der Waals surface area contributed by atoms with Crippen molar-refractivity contribution in [1.82, 2.24) is 5.32 Å². The molecule has 0 unspecified atom stereocenters. The second-order valence-corrected chi connectivity index (χ2v) is 7.30. The van der Waals surface area contributed by atoms with Crippen molar-refractivity contribution >= 4 is 34.6 Å². The van der Waals surface area contributed by atoms with Crippen LogP contribution >= 0.6 is 11.3 Å². The third-order valence-corrected chi connectivity index (χ3v) is 5.02. The van der Waals surface area contributed by atoms with Gasteiger partial charge in [-0.1, -0.05) is 31.5 Å². The number of thiophene rings is 1. The molecular formula is C21H26N2O3S. The molecule has 2 rings (SSSR count). The number of unbranched alkanes of at least 4 members (excludes halogenated alkanes) is 1. The first-order valence-corrected chi connectivity index (χ1v) is 10.2. The molecule has 0 atom stereocenters. The van der Waals surface area contributed by atoms with E-state index in [1.54, 1.807) is 6.07 Å². The Morgan fingerprint density at radius 3 is 2.41 bits per heavy atom. The molecule has 1 aromatic carbocycles. The Bertz CT molecular complexity index is 739. The lowest BCUT2D eigenvalue weighted by atomic mass is 10.1. The van der Waals surface area contributed by atoms with Crippen molar-refractivity contribution in [2.24, 2.45) is 0 Å². The molecule has 0 saturated heterocycles. The minimum atomic E-state index is -0.215. The number of nitrogens with one attached hydrogen (secondary N) is 2. The third kappa shape index (κ3) is 7.74. The molecule has 0 aliphatic rings. The van der Waals surface area contributed by atoms with E-state index in [4.69, 9.17) is 0 Å². The van der Waals surface area contributed by atoms with Gasteiger partial charge in [-0.15, -0.1) is 11.3 Å². The van der Waals surface area contributed by atoms with Crippen LogP contribution in [0, 0.1) is 0 Å². The van der Waals surface area contributed by atoms with E-state index in [1.165, 1.54) is 16.9 Å². The molecule has 0 aliphatic heterocycles. The predicted molar refractivity (Wildman–Crippen MR) is 109 cm³/mol. The van der Waals surface area contributed by atoms with Crippen LogP contribution in [-0.4, -0.2) is 24.1 Å². The Hall–Kier alpha value is -2.47. The zero-order valence-electron chi connectivity index (χ0n) is 15.6. The van der Waals surface area contributed by atoms with Crippen LogP contribution in [-0.2, 0) is 16.0 Å². The van der Waals surface area contributed by atoms with Gasteiger partial charge in [0.2, 0.25) is 11.8 Å². The van der Waals surface area contributed by atoms with Gasteiger partial charge in [0, 0.05) is 31.5 Å². The fourth-order valence-electron chi connectivity index (χ4n) is 2.55. The Labute approximate surface area is 164 Å². The van der Waals surface area contributed by atoms with Gasteiger partial charge in [-0.3, -0.25) is 14.4 Å². The number of carbonyl (C=O) groups excluding carboxylic acids is 3. The highest BCUT2D eigenvalue weighted by Crippen LogP contribution is 2.13. The maximum Gasteiger partial charge on any atom is 0.226 e. The van der Waals surface area contributed by atoms with Crippen LogP contribution in [0.5, 0.6) is 0 Å². The summed E-state index contributed by atoms with van der Waals surface area (Å²) in [6.45, 7) is 2.42. The molecule has 5 nitrogen and oxygen atoms in total. The van der Waals surface area contributed by atoms with Crippen molar-refractivity contribution in [3.63, 3.8) is 0 Å². The van der Waals surface area contributed by atoms with E-state index >= 15 is 0 Å². The number of aryl methyl sites for hydroxylation is 1. The van der Waals surface area contributed by atoms with E-state index in [0.29, 0.717) is 4.88 Å². The highest BCUT2D eigenvalue weighted by molar-refractivity contribution is 7.12. The molecule has 0 radical (unpaired) electrons. The summed E-state index contributed by atoms with van der Waals surface area (Å²) in [6, 6.07) is 11.4. The Morgan fingerprint density at radius 1 is 0.963 bits per heavy atom. The molecule has 144 valence electrons. The van der Waals surface area contributed by atoms with E-state index in [1.807, 2.05) is 35.7 Å². The van der Waals surface area contributed by atoms with Gasteiger partial charge < -0.3 is 10.6 Å². The second-order valence-electron chi connectivity index (χ2n) is 6.35. The first kappa shape index (κ1) is 20.8. The fraction of sp³-hybridized carbons (Fsp3) is 0.381. The summed E-state index contributed by atoms with van der Waals surface area (Å²) < 4.78 is 0. The van der Waals surface area contributed by atoms with Gasteiger partial charge in [-0.05, 0) is 42.0 Å². The number of anilines is 1. The van der Waals surface area contributed by atoms with Crippen LogP contribution < -0.4 is 10.6 Å². The van der Waals surface area contributed by atoms with Crippen molar-refractivity contribution in [3.05, 3.63) is 52.2 Å². The van der Waals surface area contributed by atoms with E-state index in [-0.39, 0.29) is 43.4 Å². The van der Waals surface area contributed by atoms with Gasteiger partial charge in [0.25, 0.3) is 0 Å². The highest BCUT2D eigenvalue weighted by Gasteiger charge is 2.10. The van der Waals surface area contributed by atoms with Gasteiger partial charge in [0.1, 0.15) is 0 Å². The second kappa shape index (κ2) is 11.3. The number of amides is 2. The predicted octanol–water partition coefficient (Wildman–Crippen LogP) is 4.20. The summed E-state index contributed by atoms with van der Waals surface area (Å²) in [5.74, 6) is -0.389. The average molecular weight is 387 g/mol. The van der Waals surface area contributed by atoms with Crippen LogP contribution in [0.15, 0.2) is 41.8 Å². The number of hydrogen-bond donors (Lipinski definition) is 2. The minimum Gasteiger partial charge on any atom is -0.356 e. The van der Waals surface area contributed by atoms with E-state index in [0.717, 1.165) is 24.9 Å². The number of hydrogen-bond acceptors (Lipinski definition) is 4. The van der Waals surface area contributed by atoms with Crippen molar-refractivity contribution in [3.8, 4) is 0 Å². The molecule has 0 spiro atoms. The van der Waals surface area contributed by atoms with Crippen LogP contribution in [0.1, 0.15) is 54.3 Å². The normalized spacial score (nSPS) is 10.4. The average Bonchev–Trinajstić information content (AvgIpc) is 3.20. The molecule has 6 heteroatoms. The molecule has 1 heterocycles. The standard InChI is InChI=1S/C21H26N2O3S/c1-2-3-5-16-7-9-17(10-8-16)23-21(26)13-14-22-20(25)12-11-18(24)19-6-4-15-27-19/h4,6-10,15H,2-3,5,11-14H2,1H3,(H,22,25)(H,23,26). The number of benzene rings is 1. The van der Waals surface area contributed by atoms with Crippen LogP contribution in [0.2, 0.25) is 0 Å². The summed E-state index contributed by atoms with van der Waals surface area (Å²) in [4.78, 5) is 36.3. The molecule has 0 fully saturated rings. The smallest absolute Gasteiger partial charge is 0.226 e. The molecule has 0 bridgehead atoms. The largest absolute Gasteiger partial charge is 0.356 e. The first-order chi connectivity index (χ1) is 13.1. The zero-order chi connectivity index (χ0) is 19.5. The molecule has 2 N–H and O–H groups in total. The third-order valence-electron chi connectivity index (χ3n) is 4.11.